The van der Waals surface area contributed by atoms with Crippen LogP contribution in [-0.2, 0) is 4.79 Å². The minimum Gasteiger partial charge on any atom is -0.295 e. The highest BCUT2D eigenvalue weighted by molar-refractivity contribution is 5.96. The minimum atomic E-state index is 0.369. The third kappa shape index (κ3) is 1.84. The molecule has 0 amide bonds. The second-order valence-corrected chi connectivity index (χ2v) is 4.12. The summed E-state index contributed by atoms with van der Waals surface area (Å²) in [5.74, 6) is 1.58. The highest BCUT2D eigenvalue weighted by atomic mass is 16.1. The van der Waals surface area contributed by atoms with Crippen LogP contribution in [0.2, 0.25) is 0 Å². The van der Waals surface area contributed by atoms with Crippen LogP contribution >= 0.6 is 0 Å². The van der Waals surface area contributed by atoms with Crippen molar-refractivity contribution in [3.8, 4) is 0 Å². The van der Waals surface area contributed by atoms with Crippen molar-refractivity contribution < 1.29 is 4.79 Å². The first-order valence-electron chi connectivity index (χ1n) is 5.34. The molecule has 0 aromatic carbocycles. The van der Waals surface area contributed by atoms with E-state index in [4.69, 9.17) is 0 Å². The number of carbonyl (C=O) groups excluding carboxylic acids is 1. The number of Topliss-reactive ketones (excluding diaryl/α,β-unsaturated/α-hetero) is 1. The molecule has 1 nitrogen and oxygen atoms in total. The van der Waals surface area contributed by atoms with Gasteiger partial charge in [0, 0.05) is 6.42 Å². The summed E-state index contributed by atoms with van der Waals surface area (Å²) in [7, 11) is 0. The van der Waals surface area contributed by atoms with Gasteiger partial charge in [-0.05, 0) is 37.2 Å². The van der Waals surface area contributed by atoms with Crippen LogP contribution in [0.5, 0.6) is 0 Å². The number of allylic oxidation sites excluding steroid dienone is 2. The van der Waals surface area contributed by atoms with Crippen LogP contribution in [0, 0.1) is 11.8 Å². The molecular formula is C12H20O. The lowest BCUT2D eigenvalue weighted by molar-refractivity contribution is -0.117. The molecule has 1 aliphatic carbocycles. The second kappa shape index (κ2) is 4.08. The van der Waals surface area contributed by atoms with Crippen molar-refractivity contribution in [3.05, 3.63) is 11.1 Å². The zero-order valence-electron chi connectivity index (χ0n) is 9.18. The second-order valence-electron chi connectivity index (χ2n) is 4.12. The molecule has 0 heterocycles. The summed E-state index contributed by atoms with van der Waals surface area (Å²) in [6, 6.07) is 0. The summed E-state index contributed by atoms with van der Waals surface area (Å²) < 4.78 is 0. The van der Waals surface area contributed by atoms with Gasteiger partial charge in [-0.15, -0.1) is 0 Å². The Kier molecular flexibility index (Phi) is 3.29. The van der Waals surface area contributed by atoms with E-state index in [2.05, 4.69) is 20.8 Å². The van der Waals surface area contributed by atoms with Crippen molar-refractivity contribution in [2.75, 3.05) is 0 Å². The lowest BCUT2D eigenvalue weighted by Crippen LogP contribution is -2.25. The average molecular weight is 180 g/mol. The third-order valence-corrected chi connectivity index (χ3v) is 3.36. The fourth-order valence-electron chi connectivity index (χ4n) is 2.56. The summed E-state index contributed by atoms with van der Waals surface area (Å²) in [6.07, 6.45) is 2.98. The smallest absolute Gasteiger partial charge is 0.158 e. The molecule has 0 N–H and O–H groups in total. The van der Waals surface area contributed by atoms with Crippen molar-refractivity contribution in [3.63, 3.8) is 0 Å². The molecule has 0 aromatic heterocycles. The molecule has 0 unspecified atom stereocenters. The summed E-state index contributed by atoms with van der Waals surface area (Å²) in [5, 5.41) is 0. The highest BCUT2D eigenvalue weighted by Crippen LogP contribution is 2.36. The summed E-state index contributed by atoms with van der Waals surface area (Å²) >= 11 is 0. The number of rotatable bonds is 2. The van der Waals surface area contributed by atoms with E-state index in [9.17, 15) is 4.79 Å². The number of ketones is 1. The summed E-state index contributed by atoms with van der Waals surface area (Å²) in [4.78, 5) is 11.6. The Morgan fingerprint density at radius 3 is 2.46 bits per heavy atom. The van der Waals surface area contributed by atoms with Gasteiger partial charge >= 0.3 is 0 Å². The molecule has 2 atom stereocenters. The lowest BCUT2D eigenvalue weighted by Gasteiger charge is -2.31. The van der Waals surface area contributed by atoms with Crippen molar-refractivity contribution in [2.24, 2.45) is 11.8 Å². The highest BCUT2D eigenvalue weighted by Gasteiger charge is 2.29. The van der Waals surface area contributed by atoms with Crippen molar-refractivity contribution in [1.82, 2.24) is 0 Å². The molecule has 0 bridgehead atoms. The Hall–Kier alpha value is -0.590. The van der Waals surface area contributed by atoms with Crippen LogP contribution in [-0.4, -0.2) is 5.78 Å². The van der Waals surface area contributed by atoms with Gasteiger partial charge in [-0.1, -0.05) is 26.3 Å². The molecule has 0 radical (unpaired) electrons. The van der Waals surface area contributed by atoms with Crippen molar-refractivity contribution >= 4 is 5.78 Å². The largest absolute Gasteiger partial charge is 0.295 e. The number of hydrogen-bond donors (Lipinski definition) is 0. The molecule has 0 aliphatic heterocycles. The first kappa shape index (κ1) is 10.5. The minimum absolute atomic E-state index is 0.369. The number of carbonyl (C=O) groups is 1. The van der Waals surface area contributed by atoms with Gasteiger partial charge in [0.25, 0.3) is 0 Å². The monoisotopic (exact) mass is 180 g/mol. The van der Waals surface area contributed by atoms with Crippen LogP contribution in [0.15, 0.2) is 11.1 Å². The Labute approximate surface area is 81.2 Å². The molecule has 0 saturated heterocycles. The van der Waals surface area contributed by atoms with Gasteiger partial charge in [-0.25, -0.2) is 0 Å². The molecular weight excluding hydrogens is 160 g/mol. The molecule has 1 rings (SSSR count). The maximum Gasteiger partial charge on any atom is 0.158 e. The Morgan fingerprint density at radius 2 is 2.00 bits per heavy atom. The van der Waals surface area contributed by atoms with E-state index in [0.29, 0.717) is 17.6 Å². The quantitative estimate of drug-likeness (QED) is 0.637. The van der Waals surface area contributed by atoms with E-state index < -0.39 is 0 Å². The Bertz CT molecular complexity index is 238. The van der Waals surface area contributed by atoms with Gasteiger partial charge in [0.1, 0.15) is 0 Å². The molecule has 0 fully saturated rings. The van der Waals surface area contributed by atoms with E-state index in [-0.39, 0.29) is 0 Å². The fourth-order valence-corrected chi connectivity index (χ4v) is 2.56. The van der Waals surface area contributed by atoms with E-state index in [1.165, 1.54) is 12.0 Å². The van der Waals surface area contributed by atoms with Gasteiger partial charge in [-0.3, -0.25) is 4.79 Å². The van der Waals surface area contributed by atoms with E-state index >= 15 is 0 Å². The molecule has 74 valence electrons. The van der Waals surface area contributed by atoms with Gasteiger partial charge < -0.3 is 0 Å². The van der Waals surface area contributed by atoms with Crippen LogP contribution in [0.25, 0.3) is 0 Å². The van der Waals surface area contributed by atoms with E-state index in [0.717, 1.165) is 18.4 Å². The Balaban J connectivity index is 3.02. The molecule has 0 spiro atoms. The SMILES string of the molecule is CCC1=C(C)C(=O)C[C@H](C)[C@@H]1CC. The third-order valence-electron chi connectivity index (χ3n) is 3.36. The normalized spacial score (nSPS) is 29.7. The molecule has 0 saturated carbocycles. The van der Waals surface area contributed by atoms with Gasteiger partial charge in [0.2, 0.25) is 0 Å². The molecule has 0 aromatic rings. The van der Waals surface area contributed by atoms with Crippen LogP contribution < -0.4 is 0 Å². The van der Waals surface area contributed by atoms with Gasteiger partial charge in [-0.2, -0.15) is 0 Å². The van der Waals surface area contributed by atoms with E-state index in [1.807, 2.05) is 6.92 Å². The van der Waals surface area contributed by atoms with Crippen molar-refractivity contribution in [1.29, 1.82) is 0 Å². The summed E-state index contributed by atoms with van der Waals surface area (Å²) in [5.41, 5.74) is 2.46. The predicted molar refractivity (Wildman–Crippen MR) is 55.6 cm³/mol. The van der Waals surface area contributed by atoms with Gasteiger partial charge in [0.15, 0.2) is 5.78 Å². The maximum absolute atomic E-state index is 11.6. The molecule has 1 aliphatic rings. The topological polar surface area (TPSA) is 17.1 Å². The average Bonchev–Trinajstić information content (AvgIpc) is 2.10. The zero-order chi connectivity index (χ0) is 10.0. The van der Waals surface area contributed by atoms with Crippen LogP contribution in [0.4, 0.5) is 0 Å². The van der Waals surface area contributed by atoms with Gasteiger partial charge in [0.05, 0.1) is 0 Å². The van der Waals surface area contributed by atoms with Crippen LogP contribution in [0.1, 0.15) is 47.0 Å². The molecule has 13 heavy (non-hydrogen) atoms. The number of hydrogen-bond acceptors (Lipinski definition) is 1. The molecule has 1 heteroatoms. The first-order valence-corrected chi connectivity index (χ1v) is 5.34. The lowest BCUT2D eigenvalue weighted by atomic mass is 9.73. The fraction of sp³-hybridized carbons (Fsp3) is 0.750. The predicted octanol–water partition coefficient (Wildman–Crippen LogP) is 3.35. The van der Waals surface area contributed by atoms with E-state index in [1.54, 1.807) is 0 Å². The first-order chi connectivity index (χ1) is 6.11. The van der Waals surface area contributed by atoms with Crippen LogP contribution in [0.3, 0.4) is 0 Å². The maximum atomic E-state index is 11.6. The zero-order valence-corrected chi connectivity index (χ0v) is 9.18. The van der Waals surface area contributed by atoms with Crippen molar-refractivity contribution in [2.45, 2.75) is 47.0 Å². The standard InChI is InChI=1S/C12H20O/c1-5-10-8(3)7-12(13)9(4)11(10)6-2/h8,10H,5-7H2,1-4H3/t8-,10-/m0/s1. The summed E-state index contributed by atoms with van der Waals surface area (Å²) in [6.45, 7) is 8.58. The Morgan fingerprint density at radius 1 is 1.38 bits per heavy atom.